The zero-order chi connectivity index (χ0) is 11.7. The first-order chi connectivity index (χ1) is 8.34. The van der Waals surface area contributed by atoms with Crippen LogP contribution in [-0.4, -0.2) is 29.6 Å². The summed E-state index contributed by atoms with van der Waals surface area (Å²) >= 11 is 0. The molecule has 0 unspecified atom stereocenters. The summed E-state index contributed by atoms with van der Waals surface area (Å²) in [6, 6.07) is 0.900. The molecule has 3 rings (SSSR count). The maximum atomic E-state index is 6.23. The summed E-state index contributed by atoms with van der Waals surface area (Å²) in [6.07, 6.45) is 14.2. The van der Waals surface area contributed by atoms with Crippen LogP contribution in [0.2, 0.25) is 0 Å². The van der Waals surface area contributed by atoms with Gasteiger partial charge in [-0.3, -0.25) is 4.90 Å². The highest BCUT2D eigenvalue weighted by Crippen LogP contribution is 2.42. The molecule has 0 spiro atoms. The quantitative estimate of drug-likeness (QED) is 0.744. The summed E-state index contributed by atoms with van der Waals surface area (Å²) < 4.78 is 0. The van der Waals surface area contributed by atoms with E-state index in [1.54, 1.807) is 0 Å². The lowest BCUT2D eigenvalue weighted by atomic mass is 9.87. The normalized spacial score (nSPS) is 29.3. The zero-order valence-corrected chi connectivity index (χ0v) is 11.2. The van der Waals surface area contributed by atoms with Crippen molar-refractivity contribution >= 4 is 0 Å². The highest BCUT2D eigenvalue weighted by Gasteiger charge is 2.45. The molecular weight excluding hydrogens is 208 g/mol. The van der Waals surface area contributed by atoms with E-state index in [0.717, 1.165) is 18.5 Å². The van der Waals surface area contributed by atoms with Gasteiger partial charge in [0.2, 0.25) is 0 Å². The maximum Gasteiger partial charge on any atom is 0.0334 e. The van der Waals surface area contributed by atoms with Crippen LogP contribution in [0.3, 0.4) is 0 Å². The molecule has 3 saturated carbocycles. The van der Waals surface area contributed by atoms with Gasteiger partial charge in [-0.25, -0.2) is 0 Å². The molecular formula is C15H28N2. The fraction of sp³-hybridized carbons (Fsp3) is 1.00. The highest BCUT2D eigenvalue weighted by atomic mass is 15.3. The lowest BCUT2D eigenvalue weighted by Crippen LogP contribution is -2.55. The Balaban J connectivity index is 1.73. The van der Waals surface area contributed by atoms with E-state index in [1.807, 2.05) is 0 Å². The minimum absolute atomic E-state index is 0.389. The molecule has 0 aromatic carbocycles. The smallest absolute Gasteiger partial charge is 0.0334 e. The average Bonchev–Trinajstić information content (AvgIpc) is 3.21. The van der Waals surface area contributed by atoms with Gasteiger partial charge in [-0.2, -0.15) is 0 Å². The van der Waals surface area contributed by atoms with Gasteiger partial charge in [-0.15, -0.1) is 0 Å². The molecule has 0 aliphatic heterocycles. The lowest BCUT2D eigenvalue weighted by molar-refractivity contribution is 0.0642. The van der Waals surface area contributed by atoms with Crippen molar-refractivity contribution in [1.82, 2.24) is 4.90 Å². The Morgan fingerprint density at radius 3 is 2.06 bits per heavy atom. The fourth-order valence-corrected chi connectivity index (χ4v) is 3.69. The van der Waals surface area contributed by atoms with Gasteiger partial charge in [0.05, 0.1) is 0 Å². The average molecular weight is 236 g/mol. The number of rotatable bonds is 5. The van der Waals surface area contributed by atoms with Crippen LogP contribution in [-0.2, 0) is 0 Å². The second-order valence-corrected chi connectivity index (χ2v) is 6.67. The predicted molar refractivity (Wildman–Crippen MR) is 71.9 cm³/mol. The van der Waals surface area contributed by atoms with Gasteiger partial charge in [-0.1, -0.05) is 25.7 Å². The molecule has 3 aliphatic rings. The van der Waals surface area contributed by atoms with Crippen molar-refractivity contribution in [3.8, 4) is 0 Å². The summed E-state index contributed by atoms with van der Waals surface area (Å²) in [5.41, 5.74) is 6.62. The Bertz CT molecular complexity index is 248. The van der Waals surface area contributed by atoms with E-state index < -0.39 is 0 Å². The number of hydrogen-bond acceptors (Lipinski definition) is 2. The van der Waals surface area contributed by atoms with E-state index in [1.165, 1.54) is 70.8 Å². The van der Waals surface area contributed by atoms with E-state index in [9.17, 15) is 0 Å². The topological polar surface area (TPSA) is 29.3 Å². The molecule has 3 aliphatic carbocycles. The summed E-state index contributed by atoms with van der Waals surface area (Å²) in [5, 5.41) is 0. The van der Waals surface area contributed by atoms with Crippen LogP contribution in [0.5, 0.6) is 0 Å². The maximum absolute atomic E-state index is 6.23. The third-order valence-electron chi connectivity index (χ3n) is 5.16. The van der Waals surface area contributed by atoms with Crippen LogP contribution >= 0.6 is 0 Å². The summed E-state index contributed by atoms with van der Waals surface area (Å²) in [6.45, 7) is 2.26. The zero-order valence-electron chi connectivity index (χ0n) is 11.2. The van der Waals surface area contributed by atoms with Crippen LogP contribution in [0.1, 0.15) is 64.2 Å². The molecule has 0 radical (unpaired) electrons. The standard InChI is InChI=1S/C15H28N2/c16-12-15(9-3-1-2-4-10-15)17(14-7-8-14)11-13-5-6-13/h13-14H,1-12,16H2. The molecule has 0 atom stereocenters. The SMILES string of the molecule is NCC1(N(CC2CC2)C2CC2)CCCCCC1. The minimum Gasteiger partial charge on any atom is -0.329 e. The first kappa shape index (κ1) is 12.0. The third kappa shape index (κ3) is 2.68. The van der Waals surface area contributed by atoms with E-state index in [4.69, 9.17) is 5.73 Å². The summed E-state index contributed by atoms with van der Waals surface area (Å²) in [7, 11) is 0. The molecule has 98 valence electrons. The molecule has 0 bridgehead atoms. The van der Waals surface area contributed by atoms with Crippen LogP contribution in [0.4, 0.5) is 0 Å². The molecule has 0 heterocycles. The Morgan fingerprint density at radius 2 is 1.59 bits per heavy atom. The molecule has 0 saturated heterocycles. The van der Waals surface area contributed by atoms with E-state index >= 15 is 0 Å². The van der Waals surface area contributed by atoms with Gasteiger partial charge in [0, 0.05) is 24.7 Å². The number of nitrogens with zero attached hydrogens (tertiary/aromatic N) is 1. The third-order valence-corrected chi connectivity index (χ3v) is 5.16. The molecule has 3 fully saturated rings. The monoisotopic (exact) mass is 236 g/mol. The molecule has 0 aromatic heterocycles. The van der Waals surface area contributed by atoms with Crippen molar-refractivity contribution < 1.29 is 0 Å². The van der Waals surface area contributed by atoms with Crippen LogP contribution in [0.25, 0.3) is 0 Å². The Labute approximate surface area is 106 Å². The van der Waals surface area contributed by atoms with Gasteiger partial charge < -0.3 is 5.73 Å². The van der Waals surface area contributed by atoms with E-state index in [-0.39, 0.29) is 0 Å². The van der Waals surface area contributed by atoms with Crippen LogP contribution in [0.15, 0.2) is 0 Å². The van der Waals surface area contributed by atoms with Gasteiger partial charge in [0.15, 0.2) is 0 Å². The molecule has 0 amide bonds. The van der Waals surface area contributed by atoms with Crippen molar-refractivity contribution in [1.29, 1.82) is 0 Å². The van der Waals surface area contributed by atoms with Gasteiger partial charge in [0.25, 0.3) is 0 Å². The highest BCUT2D eigenvalue weighted by molar-refractivity contribution is 5.01. The Kier molecular flexibility index (Phi) is 3.45. The van der Waals surface area contributed by atoms with Crippen molar-refractivity contribution in [2.45, 2.75) is 75.8 Å². The number of nitrogens with two attached hydrogens (primary N) is 1. The summed E-state index contributed by atoms with van der Waals surface area (Å²) in [4.78, 5) is 2.87. The molecule has 0 aromatic rings. The number of hydrogen-bond donors (Lipinski definition) is 1. The second-order valence-electron chi connectivity index (χ2n) is 6.67. The van der Waals surface area contributed by atoms with Crippen LogP contribution in [0, 0.1) is 5.92 Å². The fourth-order valence-electron chi connectivity index (χ4n) is 3.69. The largest absolute Gasteiger partial charge is 0.329 e. The van der Waals surface area contributed by atoms with Gasteiger partial charge >= 0.3 is 0 Å². The Hall–Kier alpha value is -0.0800. The van der Waals surface area contributed by atoms with Crippen molar-refractivity contribution in [2.75, 3.05) is 13.1 Å². The van der Waals surface area contributed by atoms with Gasteiger partial charge in [-0.05, 0) is 44.4 Å². The molecule has 2 nitrogen and oxygen atoms in total. The minimum atomic E-state index is 0.389. The molecule has 17 heavy (non-hydrogen) atoms. The molecule has 2 heteroatoms. The first-order valence-electron chi connectivity index (χ1n) is 7.81. The van der Waals surface area contributed by atoms with Crippen LogP contribution < -0.4 is 5.73 Å². The van der Waals surface area contributed by atoms with Crippen molar-refractivity contribution in [3.05, 3.63) is 0 Å². The lowest BCUT2D eigenvalue weighted by Gasteiger charge is -2.44. The second kappa shape index (κ2) is 4.89. The van der Waals surface area contributed by atoms with Gasteiger partial charge in [0.1, 0.15) is 0 Å². The van der Waals surface area contributed by atoms with E-state index in [2.05, 4.69) is 4.90 Å². The Morgan fingerprint density at radius 1 is 0.941 bits per heavy atom. The predicted octanol–water partition coefficient (Wildman–Crippen LogP) is 2.91. The molecule has 2 N–H and O–H groups in total. The van der Waals surface area contributed by atoms with Crippen molar-refractivity contribution in [2.24, 2.45) is 11.7 Å². The summed E-state index contributed by atoms with van der Waals surface area (Å²) in [5.74, 6) is 1.02. The van der Waals surface area contributed by atoms with Crippen molar-refractivity contribution in [3.63, 3.8) is 0 Å². The first-order valence-corrected chi connectivity index (χ1v) is 7.81. The van der Waals surface area contributed by atoms with E-state index in [0.29, 0.717) is 5.54 Å².